The third kappa shape index (κ3) is 2.47. The van der Waals surface area contributed by atoms with Gasteiger partial charge in [-0.2, -0.15) is 5.26 Å². The molecule has 1 aromatic rings. The van der Waals surface area contributed by atoms with Crippen LogP contribution >= 0.6 is 0 Å². The van der Waals surface area contributed by atoms with E-state index >= 15 is 0 Å². The fraction of sp³-hybridized carbons (Fsp3) is 0.273. The Hall–Kier alpha value is -2.02. The van der Waals surface area contributed by atoms with Gasteiger partial charge in [0.05, 0.1) is 19.1 Å². The van der Waals surface area contributed by atoms with Gasteiger partial charge in [0.25, 0.3) is 0 Å². The Morgan fingerprint density at radius 1 is 1.60 bits per heavy atom. The van der Waals surface area contributed by atoms with E-state index in [-0.39, 0.29) is 6.42 Å². The molecule has 1 aromatic carbocycles. The summed E-state index contributed by atoms with van der Waals surface area (Å²) in [4.78, 5) is 10.5. The second-order valence-electron chi connectivity index (χ2n) is 3.18. The molecule has 4 nitrogen and oxygen atoms in total. The average molecular weight is 205 g/mol. The maximum absolute atomic E-state index is 10.5. The molecule has 0 aliphatic heterocycles. The minimum Gasteiger partial charge on any atom is -0.495 e. The van der Waals surface area contributed by atoms with Crippen LogP contribution in [0.15, 0.2) is 12.1 Å². The van der Waals surface area contributed by atoms with Crippen molar-refractivity contribution in [1.82, 2.24) is 0 Å². The number of hydrogen-bond donors (Lipinski definition) is 1. The molecule has 0 aliphatic carbocycles. The van der Waals surface area contributed by atoms with E-state index in [0.29, 0.717) is 16.9 Å². The molecule has 0 bridgehead atoms. The molecule has 0 atom stereocenters. The second kappa shape index (κ2) is 4.47. The molecule has 1 N–H and O–H groups in total. The lowest BCUT2D eigenvalue weighted by molar-refractivity contribution is -0.136. The van der Waals surface area contributed by atoms with Crippen LogP contribution in [0.3, 0.4) is 0 Å². The van der Waals surface area contributed by atoms with Gasteiger partial charge in [-0.05, 0) is 24.1 Å². The standard InChI is InChI=1S/C11H11NO3/c1-7-3-8(5-10(13)14)4-9(6-12)11(7)15-2/h3-4H,5H2,1-2H3,(H,13,14). The van der Waals surface area contributed by atoms with Crippen LogP contribution < -0.4 is 4.74 Å². The zero-order valence-electron chi connectivity index (χ0n) is 8.57. The van der Waals surface area contributed by atoms with E-state index in [4.69, 9.17) is 15.1 Å². The molecule has 0 saturated carbocycles. The predicted octanol–water partition coefficient (Wildman–Crippen LogP) is 1.50. The molecule has 1 rings (SSSR count). The maximum atomic E-state index is 10.5. The van der Waals surface area contributed by atoms with Crippen LogP contribution in [0.1, 0.15) is 16.7 Å². The molecule has 4 heteroatoms. The summed E-state index contributed by atoms with van der Waals surface area (Å²) in [6.45, 7) is 1.78. The molecule has 0 amide bonds. The Labute approximate surface area is 87.7 Å². The monoisotopic (exact) mass is 205 g/mol. The SMILES string of the molecule is COc1c(C)cc(CC(=O)O)cc1C#N. The number of methoxy groups -OCH3 is 1. The van der Waals surface area contributed by atoms with Gasteiger partial charge >= 0.3 is 5.97 Å². The van der Waals surface area contributed by atoms with Crippen molar-refractivity contribution in [2.24, 2.45) is 0 Å². The lowest BCUT2D eigenvalue weighted by atomic mass is 10.0. The molecule has 78 valence electrons. The summed E-state index contributed by atoms with van der Waals surface area (Å²) in [5.74, 6) is -0.407. The average Bonchev–Trinajstić information content (AvgIpc) is 2.15. The summed E-state index contributed by atoms with van der Waals surface area (Å²) in [7, 11) is 1.49. The van der Waals surface area contributed by atoms with E-state index in [1.165, 1.54) is 7.11 Å². The summed E-state index contributed by atoms with van der Waals surface area (Å²) >= 11 is 0. The number of nitrogens with zero attached hydrogens (tertiary/aromatic N) is 1. The number of nitriles is 1. The van der Waals surface area contributed by atoms with E-state index in [0.717, 1.165) is 5.56 Å². The van der Waals surface area contributed by atoms with Gasteiger partial charge < -0.3 is 9.84 Å². The smallest absolute Gasteiger partial charge is 0.307 e. The van der Waals surface area contributed by atoms with Crippen molar-refractivity contribution in [3.05, 3.63) is 28.8 Å². The van der Waals surface area contributed by atoms with Gasteiger partial charge in [-0.25, -0.2) is 0 Å². The van der Waals surface area contributed by atoms with Crippen LogP contribution in [0.5, 0.6) is 5.75 Å². The van der Waals surface area contributed by atoms with Crippen molar-refractivity contribution >= 4 is 5.97 Å². The number of carboxylic acid groups (broad SMARTS) is 1. The molecule has 0 fully saturated rings. The third-order valence-electron chi connectivity index (χ3n) is 2.01. The summed E-state index contributed by atoms with van der Waals surface area (Å²) in [6.07, 6.45) is -0.0838. The first-order chi connectivity index (χ1) is 7.08. The molecular weight excluding hydrogens is 194 g/mol. The summed E-state index contributed by atoms with van der Waals surface area (Å²) in [5, 5.41) is 17.5. The van der Waals surface area contributed by atoms with Gasteiger partial charge in [0.15, 0.2) is 0 Å². The van der Waals surface area contributed by atoms with Gasteiger partial charge in [-0.1, -0.05) is 6.07 Å². The predicted molar refractivity (Wildman–Crippen MR) is 53.8 cm³/mol. The van der Waals surface area contributed by atoms with E-state index in [1.54, 1.807) is 19.1 Å². The molecule has 15 heavy (non-hydrogen) atoms. The van der Waals surface area contributed by atoms with Crippen molar-refractivity contribution in [2.75, 3.05) is 7.11 Å². The molecule has 0 aliphatic rings. The fourth-order valence-electron chi connectivity index (χ4n) is 1.48. The first kappa shape index (κ1) is 11.1. The quantitative estimate of drug-likeness (QED) is 0.811. The summed E-state index contributed by atoms with van der Waals surface area (Å²) in [5.41, 5.74) is 1.75. The topological polar surface area (TPSA) is 70.3 Å². The Balaban J connectivity index is 3.21. The van der Waals surface area contributed by atoms with Crippen LogP contribution in [0, 0.1) is 18.3 Å². The maximum Gasteiger partial charge on any atom is 0.307 e. The molecular formula is C11H11NO3. The van der Waals surface area contributed by atoms with E-state index in [1.807, 2.05) is 6.07 Å². The Morgan fingerprint density at radius 3 is 2.73 bits per heavy atom. The molecule has 0 spiro atoms. The minimum atomic E-state index is -0.913. The van der Waals surface area contributed by atoms with Crippen LogP contribution in [0.4, 0.5) is 0 Å². The largest absolute Gasteiger partial charge is 0.495 e. The van der Waals surface area contributed by atoms with Crippen LogP contribution in [-0.2, 0) is 11.2 Å². The highest BCUT2D eigenvalue weighted by molar-refractivity contribution is 5.71. The number of ether oxygens (including phenoxy) is 1. The molecule has 0 aromatic heterocycles. The number of carbonyl (C=O) groups is 1. The Bertz CT molecular complexity index is 432. The zero-order chi connectivity index (χ0) is 11.4. The number of aryl methyl sites for hydroxylation is 1. The first-order valence-electron chi connectivity index (χ1n) is 4.38. The first-order valence-corrected chi connectivity index (χ1v) is 4.38. The number of hydrogen-bond acceptors (Lipinski definition) is 3. The number of rotatable bonds is 3. The summed E-state index contributed by atoms with van der Waals surface area (Å²) in [6, 6.07) is 5.24. The van der Waals surface area contributed by atoms with Gasteiger partial charge in [0, 0.05) is 0 Å². The highest BCUT2D eigenvalue weighted by Crippen LogP contribution is 2.24. The van der Waals surface area contributed by atoms with Crippen molar-refractivity contribution in [2.45, 2.75) is 13.3 Å². The molecule has 0 heterocycles. The highest BCUT2D eigenvalue weighted by Gasteiger charge is 2.10. The van der Waals surface area contributed by atoms with Gasteiger partial charge in [0.2, 0.25) is 0 Å². The zero-order valence-corrected chi connectivity index (χ0v) is 8.57. The second-order valence-corrected chi connectivity index (χ2v) is 3.18. The lowest BCUT2D eigenvalue weighted by Crippen LogP contribution is -2.02. The van der Waals surface area contributed by atoms with E-state index in [9.17, 15) is 4.79 Å². The lowest BCUT2D eigenvalue weighted by Gasteiger charge is -2.08. The Kier molecular flexibility index (Phi) is 3.29. The number of aliphatic carboxylic acids is 1. The number of carboxylic acids is 1. The van der Waals surface area contributed by atoms with E-state index in [2.05, 4.69) is 0 Å². The third-order valence-corrected chi connectivity index (χ3v) is 2.01. The van der Waals surface area contributed by atoms with Gasteiger partial charge in [0.1, 0.15) is 11.8 Å². The molecule has 0 unspecified atom stereocenters. The van der Waals surface area contributed by atoms with Crippen LogP contribution in [-0.4, -0.2) is 18.2 Å². The fourth-order valence-corrected chi connectivity index (χ4v) is 1.48. The van der Waals surface area contributed by atoms with E-state index < -0.39 is 5.97 Å². The van der Waals surface area contributed by atoms with Crippen molar-refractivity contribution in [1.29, 1.82) is 5.26 Å². The number of benzene rings is 1. The van der Waals surface area contributed by atoms with Crippen LogP contribution in [0.25, 0.3) is 0 Å². The van der Waals surface area contributed by atoms with Crippen LogP contribution in [0.2, 0.25) is 0 Å². The highest BCUT2D eigenvalue weighted by atomic mass is 16.5. The van der Waals surface area contributed by atoms with Crippen molar-refractivity contribution in [3.8, 4) is 11.8 Å². The normalized spacial score (nSPS) is 9.40. The molecule has 0 saturated heterocycles. The van der Waals surface area contributed by atoms with Crippen molar-refractivity contribution < 1.29 is 14.6 Å². The van der Waals surface area contributed by atoms with Gasteiger partial charge in [-0.15, -0.1) is 0 Å². The molecule has 0 radical (unpaired) electrons. The minimum absolute atomic E-state index is 0.0838. The Morgan fingerprint density at radius 2 is 2.27 bits per heavy atom. The van der Waals surface area contributed by atoms with Crippen molar-refractivity contribution in [3.63, 3.8) is 0 Å². The van der Waals surface area contributed by atoms with Gasteiger partial charge in [-0.3, -0.25) is 4.79 Å². The summed E-state index contributed by atoms with van der Waals surface area (Å²) < 4.78 is 5.06.